The second-order valence-corrected chi connectivity index (χ2v) is 6.04. The van der Waals surface area contributed by atoms with Gasteiger partial charge in [0.05, 0.1) is 6.61 Å². The smallest absolute Gasteiger partial charge is 0.265 e. The highest BCUT2D eigenvalue weighted by molar-refractivity contribution is 7.17. The number of thiophene rings is 1. The number of carbonyl (C=O) groups is 1. The molecule has 0 spiro atoms. The monoisotopic (exact) mass is 319 g/mol. The first-order valence-corrected chi connectivity index (χ1v) is 8.21. The number of nitrogens with one attached hydrogen (secondary N) is 1. The van der Waals surface area contributed by atoms with Crippen LogP contribution in [0.5, 0.6) is 5.75 Å². The van der Waals surface area contributed by atoms with Crippen LogP contribution in [0.15, 0.2) is 36.4 Å². The second kappa shape index (κ2) is 7.96. The summed E-state index contributed by atoms with van der Waals surface area (Å²) < 4.78 is 5.60. The Kier molecular flexibility index (Phi) is 5.98. The van der Waals surface area contributed by atoms with E-state index in [2.05, 4.69) is 5.32 Å². The molecule has 0 aliphatic carbocycles. The molecule has 2 rings (SSSR count). The first kappa shape index (κ1) is 16.5. The Labute approximate surface area is 134 Å². The highest BCUT2D eigenvalue weighted by atomic mass is 32.1. The SMILES string of the molecule is CCOc1cc(-c2ccccc2)sc1C(=O)NC(C)CCO. The minimum atomic E-state index is -0.156. The maximum atomic E-state index is 12.4. The van der Waals surface area contributed by atoms with E-state index < -0.39 is 0 Å². The zero-order valence-electron chi connectivity index (χ0n) is 12.8. The van der Waals surface area contributed by atoms with Crippen molar-refractivity contribution in [1.82, 2.24) is 5.32 Å². The molecule has 1 heterocycles. The highest BCUT2D eigenvalue weighted by Gasteiger charge is 2.19. The Morgan fingerprint density at radius 2 is 2.09 bits per heavy atom. The number of aliphatic hydroxyl groups is 1. The van der Waals surface area contributed by atoms with Crippen molar-refractivity contribution in [2.45, 2.75) is 26.3 Å². The minimum Gasteiger partial charge on any atom is -0.492 e. The zero-order valence-corrected chi connectivity index (χ0v) is 13.7. The topological polar surface area (TPSA) is 58.6 Å². The molecule has 1 amide bonds. The predicted molar refractivity (Wildman–Crippen MR) is 89.6 cm³/mol. The van der Waals surface area contributed by atoms with E-state index in [-0.39, 0.29) is 18.6 Å². The molecular formula is C17H21NO3S. The summed E-state index contributed by atoms with van der Waals surface area (Å²) in [4.78, 5) is 14.0. The van der Waals surface area contributed by atoms with Crippen LogP contribution in [0.4, 0.5) is 0 Å². The normalized spacial score (nSPS) is 12.0. The second-order valence-electron chi connectivity index (χ2n) is 4.99. The average molecular weight is 319 g/mol. The lowest BCUT2D eigenvalue weighted by Gasteiger charge is -2.12. The Morgan fingerprint density at radius 1 is 1.36 bits per heavy atom. The van der Waals surface area contributed by atoms with Crippen molar-refractivity contribution in [3.8, 4) is 16.2 Å². The van der Waals surface area contributed by atoms with Crippen molar-refractivity contribution in [3.63, 3.8) is 0 Å². The van der Waals surface area contributed by atoms with Gasteiger partial charge in [-0.05, 0) is 31.9 Å². The first-order chi connectivity index (χ1) is 10.7. The number of amides is 1. The number of ether oxygens (including phenoxy) is 1. The molecule has 0 aliphatic heterocycles. The van der Waals surface area contributed by atoms with Gasteiger partial charge in [-0.1, -0.05) is 30.3 Å². The zero-order chi connectivity index (χ0) is 15.9. The van der Waals surface area contributed by atoms with Gasteiger partial charge in [-0.3, -0.25) is 4.79 Å². The predicted octanol–water partition coefficient (Wildman–Crippen LogP) is 3.31. The highest BCUT2D eigenvalue weighted by Crippen LogP contribution is 2.36. The summed E-state index contributed by atoms with van der Waals surface area (Å²) >= 11 is 1.42. The van der Waals surface area contributed by atoms with E-state index in [0.717, 1.165) is 10.4 Å². The Morgan fingerprint density at radius 3 is 2.73 bits per heavy atom. The van der Waals surface area contributed by atoms with Gasteiger partial charge in [-0.2, -0.15) is 0 Å². The van der Waals surface area contributed by atoms with Crippen LogP contribution in [0.2, 0.25) is 0 Å². The van der Waals surface area contributed by atoms with Crippen LogP contribution in [0.1, 0.15) is 29.9 Å². The molecule has 2 N–H and O–H groups in total. The van der Waals surface area contributed by atoms with Crippen molar-refractivity contribution in [1.29, 1.82) is 0 Å². The molecule has 0 saturated heterocycles. The van der Waals surface area contributed by atoms with Crippen LogP contribution in [0.3, 0.4) is 0 Å². The molecule has 1 unspecified atom stereocenters. The fourth-order valence-electron chi connectivity index (χ4n) is 2.10. The molecule has 2 aromatic rings. The third-order valence-electron chi connectivity index (χ3n) is 3.20. The molecule has 1 aromatic carbocycles. The van der Waals surface area contributed by atoms with Gasteiger partial charge in [0.25, 0.3) is 5.91 Å². The number of hydrogen-bond donors (Lipinski definition) is 2. The fraction of sp³-hybridized carbons (Fsp3) is 0.353. The van der Waals surface area contributed by atoms with Crippen LogP contribution in [0, 0.1) is 0 Å². The summed E-state index contributed by atoms with van der Waals surface area (Å²) in [5.41, 5.74) is 1.07. The number of benzene rings is 1. The molecule has 4 nitrogen and oxygen atoms in total. The van der Waals surface area contributed by atoms with Crippen LogP contribution in [-0.4, -0.2) is 30.3 Å². The van der Waals surface area contributed by atoms with E-state index in [1.54, 1.807) is 0 Å². The lowest BCUT2D eigenvalue weighted by Crippen LogP contribution is -2.32. The molecule has 0 fully saturated rings. The maximum absolute atomic E-state index is 12.4. The quantitative estimate of drug-likeness (QED) is 0.823. The lowest BCUT2D eigenvalue weighted by molar-refractivity contribution is 0.0935. The van der Waals surface area contributed by atoms with Crippen LogP contribution in [0.25, 0.3) is 10.4 Å². The molecule has 5 heteroatoms. The average Bonchev–Trinajstić information content (AvgIpc) is 2.93. The van der Waals surface area contributed by atoms with E-state index in [4.69, 9.17) is 9.84 Å². The van der Waals surface area contributed by atoms with Crippen molar-refractivity contribution < 1.29 is 14.6 Å². The van der Waals surface area contributed by atoms with Crippen LogP contribution < -0.4 is 10.1 Å². The first-order valence-electron chi connectivity index (χ1n) is 7.39. The number of rotatable bonds is 7. The molecule has 22 heavy (non-hydrogen) atoms. The molecule has 1 aromatic heterocycles. The van der Waals surface area contributed by atoms with Crippen LogP contribution >= 0.6 is 11.3 Å². The Bertz CT molecular complexity index is 610. The van der Waals surface area contributed by atoms with Gasteiger partial charge in [0.1, 0.15) is 10.6 Å². The Balaban J connectivity index is 2.26. The molecule has 1 atom stereocenters. The molecular weight excluding hydrogens is 298 g/mol. The fourth-order valence-corrected chi connectivity index (χ4v) is 3.11. The van der Waals surface area contributed by atoms with Crippen molar-refractivity contribution >= 4 is 17.2 Å². The largest absolute Gasteiger partial charge is 0.492 e. The van der Waals surface area contributed by atoms with Gasteiger partial charge in [0.2, 0.25) is 0 Å². The summed E-state index contributed by atoms with van der Waals surface area (Å²) in [5.74, 6) is 0.455. The molecule has 118 valence electrons. The van der Waals surface area contributed by atoms with E-state index in [1.807, 2.05) is 50.2 Å². The Hall–Kier alpha value is -1.85. The molecule has 0 bridgehead atoms. The van der Waals surface area contributed by atoms with Crippen molar-refractivity contribution in [3.05, 3.63) is 41.3 Å². The minimum absolute atomic E-state index is 0.0550. The van der Waals surface area contributed by atoms with Crippen molar-refractivity contribution in [2.75, 3.05) is 13.2 Å². The molecule has 0 saturated carbocycles. The van der Waals surface area contributed by atoms with Gasteiger partial charge in [-0.15, -0.1) is 11.3 Å². The van der Waals surface area contributed by atoms with Gasteiger partial charge in [0, 0.05) is 17.5 Å². The van der Waals surface area contributed by atoms with E-state index in [0.29, 0.717) is 23.7 Å². The van der Waals surface area contributed by atoms with Gasteiger partial charge < -0.3 is 15.2 Å². The number of hydrogen-bond acceptors (Lipinski definition) is 4. The van der Waals surface area contributed by atoms with Crippen LogP contribution in [-0.2, 0) is 0 Å². The van der Waals surface area contributed by atoms with Crippen molar-refractivity contribution in [2.24, 2.45) is 0 Å². The summed E-state index contributed by atoms with van der Waals surface area (Å²) in [6.45, 7) is 4.34. The standard InChI is InChI=1S/C17H21NO3S/c1-3-21-14-11-15(13-7-5-4-6-8-13)22-16(14)17(20)18-12(2)9-10-19/h4-8,11-12,19H,3,9-10H2,1-2H3,(H,18,20). The summed E-state index contributed by atoms with van der Waals surface area (Å²) in [6.07, 6.45) is 0.534. The summed E-state index contributed by atoms with van der Waals surface area (Å²) in [6, 6.07) is 11.8. The molecule has 0 aliphatic rings. The summed E-state index contributed by atoms with van der Waals surface area (Å²) in [7, 11) is 0. The third kappa shape index (κ3) is 4.08. The number of aliphatic hydroxyl groups excluding tert-OH is 1. The van der Waals surface area contributed by atoms with Gasteiger partial charge in [-0.25, -0.2) is 0 Å². The summed E-state index contributed by atoms with van der Waals surface area (Å²) in [5, 5.41) is 11.8. The third-order valence-corrected chi connectivity index (χ3v) is 4.37. The van der Waals surface area contributed by atoms with E-state index in [9.17, 15) is 4.79 Å². The maximum Gasteiger partial charge on any atom is 0.265 e. The van der Waals surface area contributed by atoms with Gasteiger partial charge >= 0.3 is 0 Å². The number of carbonyl (C=O) groups excluding carboxylic acids is 1. The van der Waals surface area contributed by atoms with E-state index in [1.165, 1.54) is 11.3 Å². The van der Waals surface area contributed by atoms with E-state index >= 15 is 0 Å². The van der Waals surface area contributed by atoms with Gasteiger partial charge in [0.15, 0.2) is 0 Å². The molecule has 0 radical (unpaired) electrons. The lowest BCUT2D eigenvalue weighted by atomic mass is 10.2.